The topological polar surface area (TPSA) is 95.1 Å². The lowest BCUT2D eigenvalue weighted by Crippen LogP contribution is -2.44. The van der Waals surface area contributed by atoms with Crippen LogP contribution in [0, 0.1) is 0 Å². The van der Waals surface area contributed by atoms with E-state index in [1.54, 1.807) is 43.4 Å². The average Bonchev–Trinajstić information content (AvgIpc) is 3.02. The van der Waals surface area contributed by atoms with Crippen molar-refractivity contribution < 1.29 is 14.3 Å². The van der Waals surface area contributed by atoms with Gasteiger partial charge >= 0.3 is 6.03 Å². The van der Waals surface area contributed by atoms with Gasteiger partial charge in [-0.1, -0.05) is 23.7 Å². The molecule has 2 N–H and O–H groups in total. The average molecular weight is 588 g/mol. The summed E-state index contributed by atoms with van der Waals surface area (Å²) in [4.78, 5) is 28.8. The summed E-state index contributed by atoms with van der Waals surface area (Å²) in [5, 5.41) is 6.92. The molecule has 1 aliphatic heterocycles. The summed E-state index contributed by atoms with van der Waals surface area (Å²) in [6, 6.07) is 22.2. The van der Waals surface area contributed by atoms with E-state index in [1.165, 1.54) is 6.33 Å². The zero-order chi connectivity index (χ0) is 29.5. The number of methoxy groups -OCH3 is 2. The van der Waals surface area contributed by atoms with Gasteiger partial charge in [-0.25, -0.2) is 19.7 Å². The molecule has 0 saturated carbocycles. The Kier molecular flexibility index (Phi) is 9.25. The van der Waals surface area contributed by atoms with Crippen LogP contribution in [0.5, 0.6) is 11.5 Å². The number of aromatic nitrogens is 2. The number of urea groups is 1. The van der Waals surface area contributed by atoms with E-state index in [-0.39, 0.29) is 6.03 Å². The van der Waals surface area contributed by atoms with E-state index in [1.807, 2.05) is 48.5 Å². The second-order valence-electron chi connectivity index (χ2n) is 9.88. The third kappa shape index (κ3) is 7.02. The second kappa shape index (κ2) is 13.4. The molecule has 2 heterocycles. The van der Waals surface area contributed by atoms with E-state index in [2.05, 4.69) is 37.4 Å². The van der Waals surface area contributed by atoms with Gasteiger partial charge in [-0.15, -0.1) is 0 Å². The van der Waals surface area contributed by atoms with E-state index in [0.717, 1.165) is 37.4 Å². The largest absolute Gasteiger partial charge is 0.497 e. The van der Waals surface area contributed by atoms with Crippen LogP contribution in [0.3, 0.4) is 0 Å². The Morgan fingerprint density at radius 2 is 1.67 bits per heavy atom. The van der Waals surface area contributed by atoms with Gasteiger partial charge in [0, 0.05) is 55.6 Å². The fourth-order valence-corrected chi connectivity index (χ4v) is 4.79. The fraction of sp³-hybridized carbons (Fsp3) is 0.258. The minimum absolute atomic E-state index is 0.325. The first-order valence-corrected chi connectivity index (χ1v) is 14.0. The Hall–Kier alpha value is -4.54. The highest BCUT2D eigenvalue weighted by molar-refractivity contribution is 6.30. The van der Waals surface area contributed by atoms with Crippen LogP contribution >= 0.6 is 11.6 Å². The molecule has 0 aliphatic carbocycles. The highest BCUT2D eigenvalue weighted by atomic mass is 35.5. The number of piperazine rings is 1. The van der Waals surface area contributed by atoms with Crippen LogP contribution in [0.1, 0.15) is 5.56 Å². The van der Waals surface area contributed by atoms with Gasteiger partial charge in [-0.05, 0) is 61.1 Å². The standard InChI is InChI=1S/C31H34ClN7O3/c1-37-14-16-38(17-15-37)24-8-10-25(11-9-24)39(31(40)33-20-22-4-6-23(32)7-5-22)30-19-29(34-21-35-30)36-27-13-12-26(41-2)18-28(27)42-3/h4-13,18-19,21H,14-17,20H2,1-3H3,(H,33,40)(H,34,35,36). The van der Waals surface area contributed by atoms with Crippen molar-refractivity contribution in [2.75, 3.05) is 62.6 Å². The summed E-state index contributed by atoms with van der Waals surface area (Å²) in [5.74, 6) is 2.16. The Morgan fingerprint density at radius 1 is 0.929 bits per heavy atom. The summed E-state index contributed by atoms with van der Waals surface area (Å²) < 4.78 is 10.8. The van der Waals surface area contributed by atoms with Crippen molar-refractivity contribution in [1.82, 2.24) is 20.2 Å². The van der Waals surface area contributed by atoms with Gasteiger partial charge < -0.3 is 29.9 Å². The molecule has 1 saturated heterocycles. The van der Waals surface area contributed by atoms with Crippen LogP contribution in [0.2, 0.25) is 5.02 Å². The van der Waals surface area contributed by atoms with Gasteiger partial charge in [0.1, 0.15) is 29.5 Å². The highest BCUT2D eigenvalue weighted by Gasteiger charge is 2.22. The van der Waals surface area contributed by atoms with Gasteiger partial charge in [0.2, 0.25) is 0 Å². The molecule has 0 unspecified atom stereocenters. The summed E-state index contributed by atoms with van der Waals surface area (Å²) in [7, 11) is 5.32. The maximum atomic E-state index is 13.7. The number of anilines is 5. The lowest BCUT2D eigenvalue weighted by atomic mass is 10.2. The molecule has 1 fully saturated rings. The van der Waals surface area contributed by atoms with Crippen LogP contribution in [0.25, 0.3) is 0 Å². The van der Waals surface area contributed by atoms with Crippen LogP contribution in [0.15, 0.2) is 79.1 Å². The molecule has 0 atom stereocenters. The number of likely N-dealkylation sites (N-methyl/N-ethyl adjacent to an activating group) is 1. The van der Waals surface area contributed by atoms with Crippen molar-refractivity contribution in [3.63, 3.8) is 0 Å². The van der Waals surface area contributed by atoms with Gasteiger partial charge in [-0.2, -0.15) is 0 Å². The number of carbonyl (C=O) groups is 1. The molecule has 2 amide bonds. The van der Waals surface area contributed by atoms with Crippen LogP contribution in [0.4, 0.5) is 33.5 Å². The van der Waals surface area contributed by atoms with Crippen LogP contribution in [-0.4, -0.2) is 68.3 Å². The SMILES string of the molecule is COc1ccc(Nc2cc(N(C(=O)NCc3ccc(Cl)cc3)c3ccc(N4CCN(C)CC4)cc3)ncn2)c(OC)c1. The summed E-state index contributed by atoms with van der Waals surface area (Å²) >= 11 is 6.03. The van der Waals surface area contributed by atoms with E-state index in [4.69, 9.17) is 21.1 Å². The third-order valence-corrected chi connectivity index (χ3v) is 7.34. The molecule has 3 aromatic carbocycles. The first-order chi connectivity index (χ1) is 20.4. The van der Waals surface area contributed by atoms with Crippen molar-refractivity contribution in [2.24, 2.45) is 0 Å². The van der Waals surface area contributed by atoms with Crippen LogP contribution in [-0.2, 0) is 6.54 Å². The van der Waals surface area contributed by atoms with Gasteiger partial charge in [0.25, 0.3) is 0 Å². The van der Waals surface area contributed by atoms with Crippen molar-refractivity contribution >= 4 is 46.3 Å². The molecule has 5 rings (SSSR count). The number of hydrogen-bond donors (Lipinski definition) is 2. The zero-order valence-electron chi connectivity index (χ0n) is 23.9. The fourth-order valence-electron chi connectivity index (χ4n) is 4.67. The minimum atomic E-state index is -0.330. The first kappa shape index (κ1) is 29.0. The number of carbonyl (C=O) groups excluding carboxylic acids is 1. The second-order valence-corrected chi connectivity index (χ2v) is 10.3. The molecule has 0 spiro atoms. The third-order valence-electron chi connectivity index (χ3n) is 7.09. The van der Waals surface area contributed by atoms with E-state index >= 15 is 0 Å². The number of benzene rings is 3. The Labute approximate surface area is 250 Å². The zero-order valence-corrected chi connectivity index (χ0v) is 24.6. The number of ether oxygens (including phenoxy) is 2. The smallest absolute Gasteiger partial charge is 0.327 e. The van der Waals surface area contributed by atoms with Crippen molar-refractivity contribution in [2.45, 2.75) is 6.54 Å². The maximum Gasteiger partial charge on any atom is 0.327 e. The molecule has 1 aromatic heterocycles. The monoisotopic (exact) mass is 587 g/mol. The maximum absolute atomic E-state index is 13.7. The van der Waals surface area contributed by atoms with Gasteiger partial charge in [-0.3, -0.25) is 0 Å². The molecule has 11 heteroatoms. The molecule has 0 radical (unpaired) electrons. The molecular weight excluding hydrogens is 554 g/mol. The summed E-state index contributed by atoms with van der Waals surface area (Å²) in [6.45, 7) is 4.26. The molecule has 0 bridgehead atoms. The molecule has 4 aromatic rings. The Balaban J connectivity index is 1.42. The number of amides is 2. The molecule has 42 heavy (non-hydrogen) atoms. The quantitative estimate of drug-likeness (QED) is 0.258. The summed E-state index contributed by atoms with van der Waals surface area (Å²) in [5.41, 5.74) is 3.41. The number of rotatable bonds is 9. The Bertz CT molecular complexity index is 1490. The minimum Gasteiger partial charge on any atom is -0.497 e. The molecule has 218 valence electrons. The van der Waals surface area contributed by atoms with E-state index in [9.17, 15) is 4.79 Å². The van der Waals surface area contributed by atoms with Crippen molar-refractivity contribution in [1.29, 1.82) is 0 Å². The highest BCUT2D eigenvalue weighted by Crippen LogP contribution is 2.33. The number of hydrogen-bond acceptors (Lipinski definition) is 8. The first-order valence-electron chi connectivity index (χ1n) is 13.6. The molecule has 10 nitrogen and oxygen atoms in total. The van der Waals surface area contributed by atoms with E-state index < -0.39 is 0 Å². The predicted molar refractivity (Wildman–Crippen MR) is 167 cm³/mol. The normalized spacial score (nSPS) is 13.4. The van der Waals surface area contributed by atoms with Gasteiger partial charge in [0.15, 0.2) is 0 Å². The number of nitrogens with one attached hydrogen (secondary N) is 2. The van der Waals surface area contributed by atoms with Crippen molar-refractivity contribution in [3.8, 4) is 11.5 Å². The van der Waals surface area contributed by atoms with E-state index in [0.29, 0.717) is 46.1 Å². The molecule has 1 aliphatic rings. The predicted octanol–water partition coefficient (Wildman–Crippen LogP) is 5.69. The number of halogens is 1. The lowest BCUT2D eigenvalue weighted by Gasteiger charge is -2.34. The number of nitrogens with zero attached hydrogens (tertiary/aromatic N) is 5. The van der Waals surface area contributed by atoms with Crippen LogP contribution < -0.4 is 29.9 Å². The summed E-state index contributed by atoms with van der Waals surface area (Å²) in [6.07, 6.45) is 1.42. The van der Waals surface area contributed by atoms with Gasteiger partial charge in [0.05, 0.1) is 25.6 Å². The lowest BCUT2D eigenvalue weighted by molar-refractivity contribution is 0.248. The Morgan fingerprint density at radius 3 is 2.36 bits per heavy atom. The van der Waals surface area contributed by atoms with Crippen molar-refractivity contribution in [3.05, 3.63) is 89.7 Å². The molecular formula is C31H34ClN7O3.